The Balaban J connectivity index is 2.10. The monoisotopic (exact) mass is 282 g/mol. The lowest BCUT2D eigenvalue weighted by atomic mass is 9.80. The summed E-state index contributed by atoms with van der Waals surface area (Å²) in [6.45, 7) is 2.79. The summed E-state index contributed by atoms with van der Waals surface area (Å²) >= 11 is 6.04. The summed E-state index contributed by atoms with van der Waals surface area (Å²) in [4.78, 5) is 4.62. The maximum atomic E-state index is 6.04. The maximum absolute atomic E-state index is 6.04. The molecule has 0 bridgehead atoms. The lowest BCUT2D eigenvalue weighted by Crippen LogP contribution is -2.43. The molecule has 0 amide bonds. The zero-order valence-corrected chi connectivity index (χ0v) is 12.4. The van der Waals surface area contributed by atoms with Gasteiger partial charge in [0.1, 0.15) is 11.3 Å². The van der Waals surface area contributed by atoms with Crippen molar-refractivity contribution in [2.45, 2.75) is 44.2 Å². The number of hydrogen-bond donors (Lipinski definition) is 0. The van der Waals surface area contributed by atoms with Crippen molar-refractivity contribution in [3.63, 3.8) is 0 Å². The van der Waals surface area contributed by atoms with Gasteiger partial charge < -0.3 is 9.30 Å². The van der Waals surface area contributed by atoms with Gasteiger partial charge in [0.2, 0.25) is 0 Å². The Hall–Kier alpha value is -1.07. The molecule has 1 saturated carbocycles. The van der Waals surface area contributed by atoms with Crippen LogP contribution in [0.5, 0.6) is 0 Å². The van der Waals surface area contributed by atoms with Crippen LogP contribution in [0.1, 0.15) is 30.8 Å². The zero-order valence-electron chi connectivity index (χ0n) is 11.6. The maximum Gasteiger partial charge on any atom is 0.158 e. The Kier molecular flexibility index (Phi) is 3.06. The lowest BCUT2D eigenvalue weighted by Gasteiger charge is -2.41. The third-order valence-electron chi connectivity index (χ3n) is 4.23. The van der Waals surface area contributed by atoms with Crippen LogP contribution in [0, 0.1) is 6.92 Å². The molecule has 104 valence electrons. The van der Waals surface area contributed by atoms with Gasteiger partial charge >= 0.3 is 0 Å². The van der Waals surface area contributed by atoms with Crippen LogP contribution in [0.2, 0.25) is 0 Å². The van der Waals surface area contributed by atoms with Crippen LogP contribution in [0.4, 0.5) is 0 Å². The van der Waals surface area contributed by atoms with Crippen molar-refractivity contribution in [3.05, 3.63) is 11.5 Å². The van der Waals surface area contributed by atoms with Crippen molar-refractivity contribution >= 4 is 22.8 Å². The predicted octanol–water partition coefficient (Wildman–Crippen LogP) is 2.39. The van der Waals surface area contributed by atoms with Crippen LogP contribution >= 0.6 is 11.6 Å². The van der Waals surface area contributed by atoms with Crippen LogP contribution in [0.25, 0.3) is 11.2 Å². The highest BCUT2D eigenvalue weighted by molar-refractivity contribution is 6.16. The number of hydrogen-bond acceptors (Lipinski definition) is 3. The average molecular weight is 283 g/mol. The van der Waals surface area contributed by atoms with Crippen molar-refractivity contribution in [1.82, 2.24) is 19.3 Å². The number of nitrogens with zero attached hydrogens (tertiary/aromatic N) is 4. The van der Waals surface area contributed by atoms with Gasteiger partial charge in [-0.3, -0.25) is 4.68 Å². The number of aryl methyl sites for hydroxylation is 2. The first kappa shape index (κ1) is 12.9. The van der Waals surface area contributed by atoms with Crippen molar-refractivity contribution in [2.75, 3.05) is 7.11 Å². The molecule has 5 nitrogen and oxygen atoms in total. The van der Waals surface area contributed by atoms with Crippen molar-refractivity contribution in [2.24, 2.45) is 7.05 Å². The van der Waals surface area contributed by atoms with Crippen LogP contribution in [-0.2, 0) is 24.2 Å². The minimum Gasteiger partial charge on any atom is -0.376 e. The molecule has 0 spiro atoms. The molecular weight excluding hydrogens is 264 g/mol. The summed E-state index contributed by atoms with van der Waals surface area (Å²) in [5, 5.41) is 4.44. The lowest BCUT2D eigenvalue weighted by molar-refractivity contribution is -0.0833. The van der Waals surface area contributed by atoms with E-state index in [1.165, 1.54) is 6.42 Å². The molecule has 6 heteroatoms. The molecule has 3 rings (SSSR count). The molecule has 1 fully saturated rings. The van der Waals surface area contributed by atoms with Crippen LogP contribution in [0.3, 0.4) is 0 Å². The molecule has 0 radical (unpaired) electrons. The summed E-state index contributed by atoms with van der Waals surface area (Å²) in [5.41, 5.74) is 2.88. The van der Waals surface area contributed by atoms with Crippen molar-refractivity contribution < 1.29 is 4.74 Å². The number of alkyl halides is 1. The molecule has 0 aromatic carbocycles. The first-order valence-corrected chi connectivity index (χ1v) is 7.13. The van der Waals surface area contributed by atoms with Gasteiger partial charge in [0, 0.05) is 14.2 Å². The Labute approximate surface area is 117 Å². The molecule has 0 unspecified atom stereocenters. The molecular formula is C13H19ClN4O. The van der Waals surface area contributed by atoms with E-state index in [0.29, 0.717) is 5.88 Å². The molecule has 1 aliphatic rings. The SMILES string of the molecule is COC1(Cn2c(CCl)nc3c(C)nn(C)c32)CCC1. The molecule has 2 aromatic heterocycles. The van der Waals surface area contributed by atoms with Crippen LogP contribution < -0.4 is 0 Å². The number of aromatic nitrogens is 4. The fourth-order valence-corrected chi connectivity index (χ4v) is 3.14. The summed E-state index contributed by atoms with van der Waals surface area (Å²) in [5.74, 6) is 1.31. The molecule has 2 aromatic rings. The van der Waals surface area contributed by atoms with Crippen molar-refractivity contribution in [3.8, 4) is 0 Å². The van der Waals surface area contributed by atoms with E-state index in [0.717, 1.165) is 42.1 Å². The van der Waals surface area contributed by atoms with Gasteiger partial charge in [-0.1, -0.05) is 0 Å². The third kappa shape index (κ3) is 1.87. The Morgan fingerprint density at radius 2 is 2.16 bits per heavy atom. The topological polar surface area (TPSA) is 44.9 Å². The Bertz CT molecular complexity index is 606. The standard InChI is InChI=1S/C13H19ClN4O/c1-9-11-12(17(2)16-9)18(10(7-14)15-11)8-13(19-3)5-4-6-13/h4-8H2,1-3H3. The van der Waals surface area contributed by atoms with Crippen LogP contribution in [-0.4, -0.2) is 32.0 Å². The fraction of sp³-hybridized carbons (Fsp3) is 0.692. The fourth-order valence-electron chi connectivity index (χ4n) is 2.93. The summed E-state index contributed by atoms with van der Waals surface area (Å²) in [6.07, 6.45) is 3.43. The van der Waals surface area contributed by atoms with Gasteiger partial charge in [-0.05, 0) is 26.2 Å². The number of ether oxygens (including phenoxy) is 1. The van der Waals surface area contributed by atoms with Gasteiger partial charge in [-0.25, -0.2) is 4.98 Å². The van der Waals surface area contributed by atoms with E-state index in [1.807, 2.05) is 18.7 Å². The highest BCUT2D eigenvalue weighted by Crippen LogP contribution is 2.37. The van der Waals surface area contributed by atoms with E-state index >= 15 is 0 Å². The first-order chi connectivity index (χ1) is 9.10. The molecule has 0 saturated heterocycles. The number of imidazole rings is 1. The summed E-state index contributed by atoms with van der Waals surface area (Å²) in [6, 6.07) is 0. The smallest absolute Gasteiger partial charge is 0.158 e. The number of rotatable bonds is 4. The van der Waals surface area contributed by atoms with E-state index < -0.39 is 0 Å². The second-order valence-corrected chi connectivity index (χ2v) is 5.64. The van der Waals surface area contributed by atoms with Crippen LogP contribution in [0.15, 0.2) is 0 Å². The Morgan fingerprint density at radius 1 is 1.42 bits per heavy atom. The molecule has 0 N–H and O–H groups in total. The largest absolute Gasteiger partial charge is 0.376 e. The highest BCUT2D eigenvalue weighted by atomic mass is 35.5. The minimum atomic E-state index is -0.0490. The molecule has 2 heterocycles. The summed E-state index contributed by atoms with van der Waals surface area (Å²) in [7, 11) is 3.74. The molecule has 1 aliphatic carbocycles. The quantitative estimate of drug-likeness (QED) is 0.809. The second kappa shape index (κ2) is 4.49. The minimum absolute atomic E-state index is 0.0490. The van der Waals surface area contributed by atoms with Gasteiger partial charge in [-0.2, -0.15) is 5.10 Å². The number of halogens is 1. The molecule has 0 atom stereocenters. The second-order valence-electron chi connectivity index (χ2n) is 5.37. The average Bonchev–Trinajstić information content (AvgIpc) is 2.83. The van der Waals surface area contributed by atoms with Gasteiger partial charge in [0.05, 0.1) is 23.7 Å². The van der Waals surface area contributed by atoms with Crippen molar-refractivity contribution in [1.29, 1.82) is 0 Å². The van der Waals surface area contributed by atoms with E-state index in [4.69, 9.17) is 16.3 Å². The van der Waals surface area contributed by atoms with E-state index in [1.54, 1.807) is 7.11 Å². The third-order valence-corrected chi connectivity index (χ3v) is 4.47. The van der Waals surface area contributed by atoms with E-state index in [2.05, 4.69) is 14.6 Å². The van der Waals surface area contributed by atoms with Gasteiger partial charge in [0.15, 0.2) is 5.65 Å². The summed E-state index contributed by atoms with van der Waals surface area (Å²) < 4.78 is 9.78. The molecule has 19 heavy (non-hydrogen) atoms. The number of methoxy groups -OCH3 is 1. The van der Waals surface area contributed by atoms with Gasteiger partial charge in [0.25, 0.3) is 0 Å². The first-order valence-electron chi connectivity index (χ1n) is 6.60. The molecule has 0 aliphatic heterocycles. The van der Waals surface area contributed by atoms with E-state index in [9.17, 15) is 0 Å². The van der Waals surface area contributed by atoms with E-state index in [-0.39, 0.29) is 5.60 Å². The normalized spacial score (nSPS) is 17.9. The van der Waals surface area contributed by atoms with Gasteiger partial charge in [-0.15, -0.1) is 11.6 Å². The number of fused-ring (bicyclic) bond motifs is 1. The zero-order chi connectivity index (χ0) is 13.6. The Morgan fingerprint density at radius 3 is 2.68 bits per heavy atom. The predicted molar refractivity (Wildman–Crippen MR) is 74.4 cm³/mol. The highest BCUT2D eigenvalue weighted by Gasteiger charge is 2.38.